The molecule has 2 rings (SSSR count). The Morgan fingerprint density at radius 1 is 1.20 bits per heavy atom. The minimum atomic E-state index is 0.263. The van der Waals surface area contributed by atoms with Crippen molar-refractivity contribution in [3.63, 3.8) is 0 Å². The molecular formula is C16H19ClN2S. The molecule has 1 heterocycles. The quantitative estimate of drug-likeness (QED) is 0.824. The van der Waals surface area contributed by atoms with Crippen molar-refractivity contribution in [3.8, 4) is 0 Å². The highest BCUT2D eigenvalue weighted by Gasteiger charge is 2.20. The number of halogens is 1. The molecule has 0 bridgehead atoms. The van der Waals surface area contributed by atoms with E-state index in [2.05, 4.69) is 48.4 Å². The fourth-order valence-corrected chi connectivity index (χ4v) is 3.49. The van der Waals surface area contributed by atoms with Crippen LogP contribution >= 0.6 is 23.4 Å². The van der Waals surface area contributed by atoms with Crippen molar-refractivity contribution < 1.29 is 0 Å². The van der Waals surface area contributed by atoms with Gasteiger partial charge in [0, 0.05) is 17.5 Å². The molecule has 2 aromatic rings. The van der Waals surface area contributed by atoms with Crippen molar-refractivity contribution in [2.24, 2.45) is 0 Å². The molecule has 4 heteroatoms. The highest BCUT2D eigenvalue weighted by molar-refractivity contribution is 8.00. The van der Waals surface area contributed by atoms with Gasteiger partial charge in [-0.3, -0.25) is 0 Å². The van der Waals surface area contributed by atoms with Gasteiger partial charge in [0.2, 0.25) is 0 Å². The van der Waals surface area contributed by atoms with Crippen LogP contribution in [0.3, 0.4) is 0 Å². The first-order valence-electron chi connectivity index (χ1n) is 6.63. The molecule has 1 aromatic heterocycles. The van der Waals surface area contributed by atoms with Gasteiger partial charge in [-0.1, -0.05) is 60.1 Å². The topological polar surface area (TPSA) is 24.9 Å². The van der Waals surface area contributed by atoms with Crippen molar-refractivity contribution >= 4 is 23.4 Å². The van der Waals surface area contributed by atoms with Gasteiger partial charge in [0.15, 0.2) is 0 Å². The van der Waals surface area contributed by atoms with Crippen LogP contribution in [0.15, 0.2) is 47.6 Å². The maximum atomic E-state index is 6.18. The van der Waals surface area contributed by atoms with Crippen LogP contribution < -0.4 is 5.32 Å². The van der Waals surface area contributed by atoms with Crippen molar-refractivity contribution in [1.82, 2.24) is 10.3 Å². The minimum absolute atomic E-state index is 0.263. The van der Waals surface area contributed by atoms with E-state index in [0.29, 0.717) is 10.3 Å². The summed E-state index contributed by atoms with van der Waals surface area (Å²) in [6.07, 6.45) is 1.78. The molecule has 0 amide bonds. The average Bonchev–Trinajstić information content (AvgIpc) is 2.44. The predicted octanol–water partition coefficient (Wildman–Crippen LogP) is 4.48. The number of aromatic nitrogens is 1. The number of benzene rings is 1. The molecule has 2 nitrogen and oxygen atoms in total. The third kappa shape index (κ3) is 3.75. The third-order valence-electron chi connectivity index (χ3n) is 3.24. The zero-order valence-corrected chi connectivity index (χ0v) is 13.5. The molecule has 0 aliphatic rings. The second-order valence-electron chi connectivity index (χ2n) is 4.79. The molecule has 2 unspecified atom stereocenters. The van der Waals surface area contributed by atoms with Crippen LogP contribution in [0.2, 0.25) is 5.02 Å². The molecule has 0 fully saturated rings. The summed E-state index contributed by atoms with van der Waals surface area (Å²) in [4.78, 5) is 4.35. The van der Waals surface area contributed by atoms with E-state index in [-0.39, 0.29) is 6.04 Å². The van der Waals surface area contributed by atoms with Gasteiger partial charge in [0.25, 0.3) is 0 Å². The van der Waals surface area contributed by atoms with Crippen molar-refractivity contribution in [2.75, 3.05) is 7.05 Å². The van der Waals surface area contributed by atoms with Gasteiger partial charge in [-0.05, 0) is 31.7 Å². The van der Waals surface area contributed by atoms with Crippen LogP contribution in [0.1, 0.15) is 24.1 Å². The summed E-state index contributed by atoms with van der Waals surface area (Å²) in [6.45, 7) is 4.29. The average molecular weight is 307 g/mol. The Bertz CT molecular complexity index is 557. The normalized spacial score (nSPS) is 14.0. The Hall–Kier alpha value is -1.03. The highest BCUT2D eigenvalue weighted by Crippen LogP contribution is 2.34. The number of rotatable bonds is 5. The first-order chi connectivity index (χ1) is 9.61. The second kappa shape index (κ2) is 7.11. The Balaban J connectivity index is 2.15. The van der Waals surface area contributed by atoms with E-state index in [1.165, 1.54) is 11.1 Å². The number of pyridine rings is 1. The molecule has 0 saturated carbocycles. The van der Waals surface area contributed by atoms with Gasteiger partial charge in [0.1, 0.15) is 5.03 Å². The van der Waals surface area contributed by atoms with E-state index in [9.17, 15) is 0 Å². The summed E-state index contributed by atoms with van der Waals surface area (Å²) in [6, 6.07) is 12.6. The fraction of sp³-hybridized carbons (Fsp3) is 0.312. The Kier molecular flexibility index (Phi) is 5.46. The number of aryl methyl sites for hydroxylation is 1. The van der Waals surface area contributed by atoms with Crippen LogP contribution in [0.5, 0.6) is 0 Å². The number of nitrogens with one attached hydrogen (secondary N) is 1. The Morgan fingerprint density at radius 2 is 1.90 bits per heavy atom. The van der Waals surface area contributed by atoms with Crippen molar-refractivity contribution in [1.29, 1.82) is 0 Å². The van der Waals surface area contributed by atoms with Gasteiger partial charge in [-0.25, -0.2) is 4.98 Å². The summed E-state index contributed by atoms with van der Waals surface area (Å²) >= 11 is 7.88. The molecule has 0 aliphatic heterocycles. The number of thioether (sulfide) groups is 1. The fourth-order valence-electron chi connectivity index (χ4n) is 2.15. The second-order valence-corrected chi connectivity index (χ2v) is 6.56. The lowest BCUT2D eigenvalue weighted by atomic mass is 10.0. The predicted molar refractivity (Wildman–Crippen MR) is 87.5 cm³/mol. The van der Waals surface area contributed by atoms with Gasteiger partial charge in [0.05, 0.1) is 5.02 Å². The summed E-state index contributed by atoms with van der Waals surface area (Å²) in [7, 11) is 1.99. The molecule has 20 heavy (non-hydrogen) atoms. The lowest BCUT2D eigenvalue weighted by Gasteiger charge is -2.23. The summed E-state index contributed by atoms with van der Waals surface area (Å²) in [5.74, 6) is 0. The first-order valence-corrected chi connectivity index (χ1v) is 7.88. The summed E-state index contributed by atoms with van der Waals surface area (Å²) in [5.41, 5.74) is 2.56. The van der Waals surface area contributed by atoms with E-state index in [1.54, 1.807) is 18.0 Å². The molecule has 0 radical (unpaired) electrons. The molecule has 0 saturated heterocycles. The smallest absolute Gasteiger partial charge is 0.115 e. The summed E-state index contributed by atoms with van der Waals surface area (Å²) in [5, 5.41) is 5.31. The van der Waals surface area contributed by atoms with Gasteiger partial charge < -0.3 is 5.32 Å². The third-order valence-corrected chi connectivity index (χ3v) is 4.85. The Labute approximate surface area is 130 Å². The maximum absolute atomic E-state index is 6.18. The van der Waals surface area contributed by atoms with Crippen molar-refractivity contribution in [2.45, 2.75) is 30.2 Å². The number of hydrogen-bond acceptors (Lipinski definition) is 3. The Morgan fingerprint density at radius 3 is 2.50 bits per heavy atom. The lowest BCUT2D eigenvalue weighted by molar-refractivity contribution is 0.589. The largest absolute Gasteiger partial charge is 0.312 e. The van der Waals surface area contributed by atoms with Gasteiger partial charge in [-0.15, -0.1) is 0 Å². The van der Waals surface area contributed by atoms with Crippen LogP contribution in [0, 0.1) is 6.92 Å². The summed E-state index contributed by atoms with van der Waals surface area (Å²) < 4.78 is 0. The van der Waals surface area contributed by atoms with Crippen LogP contribution in [-0.4, -0.2) is 17.3 Å². The minimum Gasteiger partial charge on any atom is -0.312 e. The van der Waals surface area contributed by atoms with Gasteiger partial charge >= 0.3 is 0 Å². The molecule has 1 aromatic carbocycles. The van der Waals surface area contributed by atoms with E-state index in [1.807, 2.05) is 19.2 Å². The van der Waals surface area contributed by atoms with Crippen LogP contribution in [0.4, 0.5) is 0 Å². The SMILES string of the molecule is CNC(c1ccc(C)cc1)C(C)Sc1ncccc1Cl. The lowest BCUT2D eigenvalue weighted by Crippen LogP contribution is -2.25. The van der Waals surface area contributed by atoms with Crippen molar-refractivity contribution in [3.05, 3.63) is 58.7 Å². The molecule has 2 atom stereocenters. The number of hydrogen-bond donors (Lipinski definition) is 1. The van der Waals surface area contributed by atoms with Gasteiger partial charge in [-0.2, -0.15) is 0 Å². The monoisotopic (exact) mass is 306 g/mol. The van der Waals surface area contributed by atoms with Crippen LogP contribution in [-0.2, 0) is 0 Å². The maximum Gasteiger partial charge on any atom is 0.115 e. The van der Waals surface area contributed by atoms with E-state index >= 15 is 0 Å². The standard InChI is InChI=1S/C16H19ClN2S/c1-11-6-8-13(9-7-11)15(18-3)12(2)20-16-14(17)5-4-10-19-16/h4-10,12,15,18H,1-3H3. The highest BCUT2D eigenvalue weighted by atomic mass is 35.5. The zero-order chi connectivity index (χ0) is 14.5. The molecular weight excluding hydrogens is 288 g/mol. The molecule has 1 N–H and O–H groups in total. The number of nitrogens with zero attached hydrogens (tertiary/aromatic N) is 1. The van der Waals surface area contributed by atoms with E-state index in [0.717, 1.165) is 5.03 Å². The first kappa shape index (κ1) is 15.4. The van der Waals surface area contributed by atoms with Crippen LogP contribution in [0.25, 0.3) is 0 Å². The zero-order valence-electron chi connectivity index (χ0n) is 11.9. The molecule has 0 spiro atoms. The van der Waals surface area contributed by atoms with E-state index < -0.39 is 0 Å². The molecule has 0 aliphatic carbocycles. The van der Waals surface area contributed by atoms with E-state index in [4.69, 9.17) is 11.6 Å². The molecule has 106 valence electrons.